The van der Waals surface area contributed by atoms with E-state index in [1.165, 1.54) is 0 Å². The lowest BCUT2D eigenvalue weighted by Crippen LogP contribution is -2.46. The predicted molar refractivity (Wildman–Crippen MR) is 64.0 cm³/mol. The van der Waals surface area contributed by atoms with Gasteiger partial charge in [-0.3, -0.25) is 9.69 Å². The van der Waals surface area contributed by atoms with Crippen molar-refractivity contribution in [2.75, 3.05) is 26.2 Å². The summed E-state index contributed by atoms with van der Waals surface area (Å²) in [6.45, 7) is 5.39. The minimum atomic E-state index is -0.364. The zero-order chi connectivity index (χ0) is 12.3. The van der Waals surface area contributed by atoms with Crippen LogP contribution in [0.1, 0.15) is 24.0 Å². The van der Waals surface area contributed by atoms with Crippen molar-refractivity contribution in [3.8, 4) is 0 Å². The number of carbonyl (C=O) groups is 1. The van der Waals surface area contributed by atoms with Crippen molar-refractivity contribution in [2.45, 2.75) is 19.4 Å². The smallest absolute Gasteiger partial charge is 0.228 e. The molecular formula is C12H19N3O2. The molecule has 0 amide bonds. The number of hydrogen-bond donors (Lipinski definition) is 0. The van der Waals surface area contributed by atoms with Gasteiger partial charge in [0.2, 0.25) is 5.78 Å². The number of ether oxygens (including phenoxy) is 1. The molecule has 0 N–H and O–H groups in total. The van der Waals surface area contributed by atoms with Crippen LogP contribution in [0.5, 0.6) is 0 Å². The van der Waals surface area contributed by atoms with Crippen LogP contribution in [-0.4, -0.2) is 52.6 Å². The first kappa shape index (κ1) is 12.3. The fraction of sp³-hybridized carbons (Fsp3) is 0.667. The SMILES string of the molecule is CCCN1CCOC(C(=O)c2nccn2C)C1. The van der Waals surface area contributed by atoms with E-state index >= 15 is 0 Å². The maximum atomic E-state index is 12.2. The Bertz CT molecular complexity index is 387. The van der Waals surface area contributed by atoms with Gasteiger partial charge in [0.1, 0.15) is 6.10 Å². The van der Waals surface area contributed by atoms with Crippen molar-refractivity contribution >= 4 is 5.78 Å². The molecule has 1 fully saturated rings. The molecule has 1 aliphatic heterocycles. The van der Waals surface area contributed by atoms with Gasteiger partial charge in [0, 0.05) is 32.5 Å². The van der Waals surface area contributed by atoms with E-state index in [9.17, 15) is 4.79 Å². The normalized spacial score (nSPS) is 21.6. The van der Waals surface area contributed by atoms with Gasteiger partial charge in [-0.1, -0.05) is 6.92 Å². The maximum Gasteiger partial charge on any atom is 0.228 e. The highest BCUT2D eigenvalue weighted by atomic mass is 16.5. The van der Waals surface area contributed by atoms with Crippen LogP contribution in [0.3, 0.4) is 0 Å². The topological polar surface area (TPSA) is 47.4 Å². The Morgan fingerprint density at radius 2 is 2.47 bits per heavy atom. The zero-order valence-electron chi connectivity index (χ0n) is 10.4. The van der Waals surface area contributed by atoms with Crippen LogP contribution in [0, 0.1) is 0 Å². The second-order valence-corrected chi connectivity index (χ2v) is 4.39. The van der Waals surface area contributed by atoms with Gasteiger partial charge in [-0.05, 0) is 13.0 Å². The molecule has 1 unspecified atom stereocenters. The van der Waals surface area contributed by atoms with Crippen molar-refractivity contribution in [2.24, 2.45) is 7.05 Å². The molecule has 1 atom stereocenters. The number of nitrogens with zero attached hydrogens (tertiary/aromatic N) is 3. The molecule has 0 bridgehead atoms. The molecule has 1 aromatic heterocycles. The minimum Gasteiger partial charge on any atom is -0.367 e. The van der Waals surface area contributed by atoms with Gasteiger partial charge in [0.25, 0.3) is 0 Å². The summed E-state index contributed by atoms with van der Waals surface area (Å²) in [4.78, 5) is 18.5. The Hall–Kier alpha value is -1.20. The molecule has 0 saturated carbocycles. The van der Waals surface area contributed by atoms with Crippen LogP contribution in [-0.2, 0) is 11.8 Å². The first-order valence-electron chi connectivity index (χ1n) is 6.08. The number of imidazole rings is 1. The molecular weight excluding hydrogens is 218 g/mol. The van der Waals surface area contributed by atoms with E-state index in [0.717, 1.165) is 19.5 Å². The average Bonchev–Trinajstić information content (AvgIpc) is 2.75. The van der Waals surface area contributed by atoms with Gasteiger partial charge in [-0.25, -0.2) is 4.98 Å². The molecule has 5 heteroatoms. The molecule has 0 radical (unpaired) electrons. The summed E-state index contributed by atoms with van der Waals surface area (Å²) in [6, 6.07) is 0. The van der Waals surface area contributed by atoms with Crippen LogP contribution in [0.15, 0.2) is 12.4 Å². The third-order valence-electron chi connectivity index (χ3n) is 3.02. The van der Waals surface area contributed by atoms with E-state index in [1.807, 2.05) is 7.05 Å². The van der Waals surface area contributed by atoms with Crippen LogP contribution < -0.4 is 0 Å². The third-order valence-corrected chi connectivity index (χ3v) is 3.02. The summed E-state index contributed by atoms with van der Waals surface area (Å²) >= 11 is 0. The molecule has 1 aromatic rings. The van der Waals surface area contributed by atoms with Crippen molar-refractivity contribution in [1.29, 1.82) is 0 Å². The number of carbonyl (C=O) groups excluding carboxylic acids is 1. The molecule has 1 aliphatic rings. The van der Waals surface area contributed by atoms with Gasteiger partial charge in [0.05, 0.1) is 6.61 Å². The average molecular weight is 237 g/mol. The largest absolute Gasteiger partial charge is 0.367 e. The number of aromatic nitrogens is 2. The van der Waals surface area contributed by atoms with Gasteiger partial charge in [-0.2, -0.15) is 0 Å². The van der Waals surface area contributed by atoms with Crippen LogP contribution >= 0.6 is 0 Å². The van der Waals surface area contributed by atoms with Crippen molar-refractivity contribution in [3.05, 3.63) is 18.2 Å². The van der Waals surface area contributed by atoms with Crippen molar-refractivity contribution < 1.29 is 9.53 Å². The van der Waals surface area contributed by atoms with Crippen molar-refractivity contribution in [1.82, 2.24) is 14.5 Å². The maximum absolute atomic E-state index is 12.2. The Morgan fingerprint density at radius 3 is 3.12 bits per heavy atom. The first-order valence-corrected chi connectivity index (χ1v) is 6.08. The number of ketones is 1. The highest BCUT2D eigenvalue weighted by molar-refractivity contribution is 5.96. The molecule has 1 saturated heterocycles. The summed E-state index contributed by atoms with van der Waals surface area (Å²) in [6.07, 6.45) is 4.15. The van der Waals surface area contributed by atoms with Crippen LogP contribution in [0.2, 0.25) is 0 Å². The zero-order valence-corrected chi connectivity index (χ0v) is 10.4. The summed E-state index contributed by atoms with van der Waals surface area (Å²) in [5.41, 5.74) is 0. The molecule has 5 nitrogen and oxygen atoms in total. The minimum absolute atomic E-state index is 0.0155. The lowest BCUT2D eigenvalue weighted by molar-refractivity contribution is -0.0170. The van der Waals surface area contributed by atoms with Gasteiger partial charge >= 0.3 is 0 Å². The Morgan fingerprint density at radius 1 is 1.65 bits per heavy atom. The second kappa shape index (κ2) is 5.42. The second-order valence-electron chi connectivity index (χ2n) is 4.39. The van der Waals surface area contributed by atoms with E-state index < -0.39 is 0 Å². The molecule has 94 valence electrons. The molecule has 0 aliphatic carbocycles. The van der Waals surface area contributed by atoms with E-state index in [-0.39, 0.29) is 11.9 Å². The molecule has 17 heavy (non-hydrogen) atoms. The van der Waals surface area contributed by atoms with Gasteiger partial charge in [0.15, 0.2) is 5.82 Å². The molecule has 2 heterocycles. The number of aryl methyl sites for hydroxylation is 1. The van der Waals surface area contributed by atoms with E-state index in [1.54, 1.807) is 17.0 Å². The van der Waals surface area contributed by atoms with Gasteiger partial charge < -0.3 is 9.30 Å². The molecule has 2 rings (SSSR count). The number of rotatable bonds is 4. The van der Waals surface area contributed by atoms with Gasteiger partial charge in [-0.15, -0.1) is 0 Å². The van der Waals surface area contributed by atoms with Crippen LogP contribution in [0.4, 0.5) is 0 Å². The summed E-state index contributed by atoms with van der Waals surface area (Å²) in [5, 5.41) is 0. The predicted octanol–water partition coefficient (Wildman–Crippen LogP) is 0.714. The summed E-state index contributed by atoms with van der Waals surface area (Å²) in [7, 11) is 1.83. The first-order chi connectivity index (χ1) is 8.22. The fourth-order valence-electron chi connectivity index (χ4n) is 2.13. The quantitative estimate of drug-likeness (QED) is 0.724. The van der Waals surface area contributed by atoms with E-state index in [0.29, 0.717) is 19.0 Å². The van der Waals surface area contributed by atoms with E-state index in [4.69, 9.17) is 4.74 Å². The Balaban J connectivity index is 2.02. The lowest BCUT2D eigenvalue weighted by Gasteiger charge is -2.31. The number of Topliss-reactive ketones (excluding diaryl/α,β-unsaturated/α-hetero) is 1. The standard InChI is InChI=1S/C12H19N3O2/c1-3-5-15-7-8-17-10(9-15)11(16)12-13-4-6-14(12)2/h4,6,10H,3,5,7-9H2,1-2H3. The highest BCUT2D eigenvalue weighted by Gasteiger charge is 2.29. The summed E-state index contributed by atoms with van der Waals surface area (Å²) in [5.74, 6) is 0.464. The van der Waals surface area contributed by atoms with Crippen molar-refractivity contribution in [3.63, 3.8) is 0 Å². The number of morpholine rings is 1. The molecule has 0 spiro atoms. The molecule has 0 aromatic carbocycles. The monoisotopic (exact) mass is 237 g/mol. The third kappa shape index (κ3) is 2.73. The van der Waals surface area contributed by atoms with Crippen LogP contribution in [0.25, 0.3) is 0 Å². The Labute approximate surface area is 101 Å². The highest BCUT2D eigenvalue weighted by Crippen LogP contribution is 2.10. The van der Waals surface area contributed by atoms with E-state index in [2.05, 4.69) is 16.8 Å². The fourth-order valence-corrected chi connectivity index (χ4v) is 2.13. The Kier molecular flexibility index (Phi) is 3.91. The number of hydrogen-bond acceptors (Lipinski definition) is 4. The summed E-state index contributed by atoms with van der Waals surface area (Å²) < 4.78 is 7.29. The lowest BCUT2D eigenvalue weighted by atomic mass is 10.1.